The molecule has 5 heteroatoms. The highest BCUT2D eigenvalue weighted by atomic mass is 32.1. The summed E-state index contributed by atoms with van der Waals surface area (Å²) in [5.41, 5.74) is 9.79. The third-order valence-electron chi connectivity index (χ3n) is 10.4. The summed E-state index contributed by atoms with van der Waals surface area (Å²) >= 11 is 1.82. The first-order valence-corrected chi connectivity index (χ1v) is 17.9. The van der Waals surface area contributed by atoms with Gasteiger partial charge in [0, 0.05) is 48.0 Å². The molecule has 2 aromatic heterocycles. The fourth-order valence-electron chi connectivity index (χ4n) is 8.29. The van der Waals surface area contributed by atoms with Crippen LogP contribution in [0.15, 0.2) is 164 Å². The largest absolute Gasteiger partial charge is 0.457 e. The third-order valence-corrected chi connectivity index (χ3v) is 11.5. The highest BCUT2D eigenvalue weighted by molar-refractivity contribution is 7.26. The summed E-state index contributed by atoms with van der Waals surface area (Å²) in [5, 5.41) is 2.36. The van der Waals surface area contributed by atoms with Crippen molar-refractivity contribution < 1.29 is 4.74 Å². The quantitative estimate of drug-likeness (QED) is 0.188. The number of fused-ring (bicyclic) bond motifs is 12. The Kier molecular flexibility index (Phi) is 6.01. The highest BCUT2D eigenvalue weighted by Gasteiger charge is 2.51. The van der Waals surface area contributed by atoms with Gasteiger partial charge in [-0.15, -0.1) is 11.3 Å². The monoisotopic (exact) mass is 669 g/mol. The average molecular weight is 670 g/mol. The van der Waals surface area contributed by atoms with Crippen LogP contribution in [0.1, 0.15) is 22.3 Å². The molecule has 3 heterocycles. The van der Waals surface area contributed by atoms with Gasteiger partial charge < -0.3 is 4.74 Å². The van der Waals surface area contributed by atoms with Crippen molar-refractivity contribution in [3.63, 3.8) is 0 Å². The molecule has 51 heavy (non-hydrogen) atoms. The van der Waals surface area contributed by atoms with Crippen LogP contribution < -0.4 is 4.74 Å². The summed E-state index contributed by atoms with van der Waals surface area (Å²) in [6, 6.07) is 57.6. The van der Waals surface area contributed by atoms with Gasteiger partial charge >= 0.3 is 0 Å². The molecule has 1 spiro atoms. The minimum absolute atomic E-state index is 0.506. The lowest BCUT2D eigenvalue weighted by Crippen LogP contribution is -2.32. The molecule has 1 aliphatic heterocycles. The number of ether oxygens (including phenoxy) is 1. The normalized spacial score (nSPS) is 13.4. The molecule has 0 bridgehead atoms. The van der Waals surface area contributed by atoms with Crippen LogP contribution >= 0.6 is 11.3 Å². The van der Waals surface area contributed by atoms with E-state index in [1.165, 1.54) is 48.2 Å². The zero-order valence-electron chi connectivity index (χ0n) is 27.2. The second kappa shape index (κ2) is 10.8. The number of thiophene rings is 1. The maximum atomic E-state index is 6.56. The average Bonchev–Trinajstić information content (AvgIpc) is 3.71. The molecule has 1 aliphatic carbocycles. The van der Waals surface area contributed by atoms with Crippen molar-refractivity contribution in [3.05, 3.63) is 186 Å². The fourth-order valence-corrected chi connectivity index (χ4v) is 9.44. The van der Waals surface area contributed by atoms with E-state index < -0.39 is 5.41 Å². The van der Waals surface area contributed by atoms with Crippen LogP contribution in [-0.2, 0) is 5.41 Å². The van der Waals surface area contributed by atoms with Crippen molar-refractivity contribution >= 4 is 31.5 Å². The Morgan fingerprint density at radius 2 is 0.961 bits per heavy atom. The van der Waals surface area contributed by atoms with Gasteiger partial charge in [0.2, 0.25) is 0 Å². The van der Waals surface area contributed by atoms with E-state index in [1.807, 2.05) is 47.7 Å². The Morgan fingerprint density at radius 1 is 0.412 bits per heavy atom. The molecule has 7 aromatic carbocycles. The lowest BCUT2D eigenvalue weighted by Gasteiger charge is -2.39. The SMILES string of the molecule is c1ccc(-c2nc(-c3ccccc3)nc(-c3cccc4sc5cc6c(cc5c34)-c3ccccc3C63c4ccccc4Oc4ccccc43)n2)cc1. The summed E-state index contributed by atoms with van der Waals surface area (Å²) in [5.74, 6) is 3.78. The zero-order valence-corrected chi connectivity index (χ0v) is 28.1. The lowest BCUT2D eigenvalue weighted by molar-refractivity contribution is 0.436. The Hall–Kier alpha value is -6.43. The van der Waals surface area contributed by atoms with Gasteiger partial charge in [0.15, 0.2) is 17.5 Å². The summed E-state index contributed by atoms with van der Waals surface area (Å²) in [6.45, 7) is 0. The van der Waals surface area contributed by atoms with Crippen LogP contribution in [-0.4, -0.2) is 15.0 Å². The first-order valence-electron chi connectivity index (χ1n) is 17.1. The van der Waals surface area contributed by atoms with Crippen LogP contribution in [0.5, 0.6) is 11.5 Å². The number of aromatic nitrogens is 3. The summed E-state index contributed by atoms with van der Waals surface area (Å²) in [6.07, 6.45) is 0. The van der Waals surface area contributed by atoms with Gasteiger partial charge in [0.05, 0.1) is 5.41 Å². The van der Waals surface area contributed by atoms with Crippen LogP contribution in [0, 0.1) is 0 Å². The van der Waals surface area contributed by atoms with Crippen molar-refractivity contribution in [2.45, 2.75) is 5.41 Å². The number of hydrogen-bond donors (Lipinski definition) is 0. The lowest BCUT2D eigenvalue weighted by atomic mass is 9.66. The second-order valence-corrected chi connectivity index (χ2v) is 14.2. The molecule has 0 N–H and O–H groups in total. The number of benzene rings is 7. The summed E-state index contributed by atoms with van der Waals surface area (Å²) in [7, 11) is 0. The van der Waals surface area contributed by atoms with Crippen molar-refractivity contribution in [1.82, 2.24) is 15.0 Å². The van der Waals surface area contributed by atoms with Crippen LogP contribution in [0.3, 0.4) is 0 Å². The van der Waals surface area contributed by atoms with Crippen molar-refractivity contribution in [3.8, 4) is 56.8 Å². The zero-order chi connectivity index (χ0) is 33.5. The van der Waals surface area contributed by atoms with Crippen LogP contribution in [0.4, 0.5) is 0 Å². The van der Waals surface area contributed by atoms with E-state index in [9.17, 15) is 0 Å². The third kappa shape index (κ3) is 4.04. The minimum atomic E-state index is -0.506. The fraction of sp³-hybridized carbons (Fsp3) is 0.0217. The molecule has 0 atom stereocenters. The molecule has 0 fully saturated rings. The Balaban J connectivity index is 1.20. The molecule has 0 saturated heterocycles. The molecule has 0 amide bonds. The molecular weight excluding hydrogens is 643 g/mol. The van der Waals surface area contributed by atoms with E-state index in [-0.39, 0.29) is 0 Å². The molecular formula is C46H27N3OS. The molecule has 4 nitrogen and oxygen atoms in total. The number of rotatable bonds is 3. The van der Waals surface area contributed by atoms with Gasteiger partial charge in [-0.1, -0.05) is 133 Å². The Bertz CT molecular complexity index is 2740. The van der Waals surface area contributed by atoms with Gasteiger partial charge in [-0.3, -0.25) is 0 Å². The maximum absolute atomic E-state index is 6.56. The topological polar surface area (TPSA) is 47.9 Å². The summed E-state index contributed by atoms with van der Waals surface area (Å²) < 4.78 is 8.99. The molecule has 2 aliphatic rings. The van der Waals surface area contributed by atoms with Gasteiger partial charge in [0.25, 0.3) is 0 Å². The van der Waals surface area contributed by atoms with Crippen molar-refractivity contribution in [1.29, 1.82) is 0 Å². The van der Waals surface area contributed by atoms with Crippen LogP contribution in [0.2, 0.25) is 0 Å². The minimum Gasteiger partial charge on any atom is -0.457 e. The molecule has 0 radical (unpaired) electrons. The second-order valence-electron chi connectivity index (χ2n) is 13.1. The standard InChI is InChI=1S/C46H27N3OS/c1-3-14-28(15-4-1)43-47-44(29-16-5-2-6-17-29)49-45(48-43)31-19-13-25-40-42(31)33-26-32-30-18-7-8-20-34(30)46(37(32)27-41(33)51-40)35-21-9-11-23-38(35)50-39-24-12-10-22-36(39)46/h1-27H. The van der Waals surface area contributed by atoms with E-state index in [2.05, 4.69) is 127 Å². The summed E-state index contributed by atoms with van der Waals surface area (Å²) in [4.78, 5) is 15.2. The van der Waals surface area contributed by atoms with Crippen LogP contribution in [0.25, 0.3) is 65.5 Å². The molecule has 9 aromatic rings. The molecule has 11 rings (SSSR count). The molecule has 0 saturated carbocycles. The Labute approximate surface area is 298 Å². The molecule has 238 valence electrons. The van der Waals surface area contributed by atoms with E-state index in [4.69, 9.17) is 19.7 Å². The van der Waals surface area contributed by atoms with Crippen molar-refractivity contribution in [2.24, 2.45) is 0 Å². The van der Waals surface area contributed by atoms with Gasteiger partial charge in [-0.05, 0) is 52.6 Å². The van der Waals surface area contributed by atoms with Gasteiger partial charge in [-0.2, -0.15) is 0 Å². The predicted molar refractivity (Wildman–Crippen MR) is 206 cm³/mol. The maximum Gasteiger partial charge on any atom is 0.164 e. The number of para-hydroxylation sites is 2. The smallest absolute Gasteiger partial charge is 0.164 e. The highest BCUT2D eigenvalue weighted by Crippen LogP contribution is 2.63. The van der Waals surface area contributed by atoms with Gasteiger partial charge in [0.1, 0.15) is 11.5 Å². The first-order chi connectivity index (χ1) is 25.3. The predicted octanol–water partition coefficient (Wildman–Crippen LogP) is 11.7. The van der Waals surface area contributed by atoms with E-state index in [0.29, 0.717) is 17.5 Å². The van der Waals surface area contributed by atoms with E-state index in [1.54, 1.807) is 0 Å². The van der Waals surface area contributed by atoms with E-state index in [0.717, 1.165) is 33.6 Å². The van der Waals surface area contributed by atoms with Gasteiger partial charge in [-0.25, -0.2) is 15.0 Å². The Morgan fingerprint density at radius 3 is 1.63 bits per heavy atom. The number of nitrogens with zero attached hydrogens (tertiary/aromatic N) is 3. The van der Waals surface area contributed by atoms with E-state index >= 15 is 0 Å². The first kappa shape index (κ1) is 28.4. The molecule has 0 unspecified atom stereocenters. The number of hydrogen-bond acceptors (Lipinski definition) is 5. The van der Waals surface area contributed by atoms with Crippen molar-refractivity contribution in [2.75, 3.05) is 0 Å².